The lowest BCUT2D eigenvalue weighted by atomic mass is 9.82. The highest BCUT2D eigenvalue weighted by molar-refractivity contribution is 6.29. The van der Waals surface area contributed by atoms with Crippen LogP contribution in [-0.2, 0) is 0 Å². The number of aryl methyl sites for hydroxylation is 1. The van der Waals surface area contributed by atoms with Crippen molar-refractivity contribution >= 4 is 32.4 Å². The summed E-state index contributed by atoms with van der Waals surface area (Å²) in [6, 6.07) is 56.0. The molecular weight excluding hydrogens is 591 g/mol. The Morgan fingerprint density at radius 2 is 0.878 bits per heavy atom. The molecule has 0 amide bonds. The molecule has 0 saturated carbocycles. The maximum absolute atomic E-state index is 4.99. The zero-order valence-electron chi connectivity index (χ0n) is 27.0. The lowest BCUT2D eigenvalue weighted by molar-refractivity contribution is 1.37. The number of aromatic nitrogens is 1. The smallest absolute Gasteiger partial charge is 0.0749 e. The summed E-state index contributed by atoms with van der Waals surface area (Å²) in [5, 5.41) is 6.45. The molecule has 1 nitrogen and oxygen atoms in total. The zero-order valence-corrected chi connectivity index (χ0v) is 27.0. The molecule has 0 saturated heterocycles. The van der Waals surface area contributed by atoms with Crippen LogP contribution >= 0.6 is 0 Å². The molecule has 0 aliphatic heterocycles. The molecule has 8 aromatic carbocycles. The van der Waals surface area contributed by atoms with Crippen LogP contribution in [0.5, 0.6) is 0 Å². The molecule has 1 heteroatoms. The maximum atomic E-state index is 4.99. The van der Waals surface area contributed by atoms with Crippen molar-refractivity contribution in [2.45, 2.75) is 6.92 Å². The van der Waals surface area contributed by atoms with E-state index < -0.39 is 0 Å². The van der Waals surface area contributed by atoms with Crippen molar-refractivity contribution in [3.63, 3.8) is 0 Å². The second-order valence-electron chi connectivity index (χ2n) is 13.4. The van der Waals surface area contributed by atoms with E-state index in [-0.39, 0.29) is 0 Å². The van der Waals surface area contributed by atoms with Crippen molar-refractivity contribution in [3.8, 4) is 77.9 Å². The van der Waals surface area contributed by atoms with Crippen molar-refractivity contribution in [1.82, 2.24) is 4.98 Å². The van der Waals surface area contributed by atoms with Gasteiger partial charge in [0.1, 0.15) is 0 Å². The van der Waals surface area contributed by atoms with Crippen LogP contribution < -0.4 is 0 Å². The highest BCUT2D eigenvalue weighted by Crippen LogP contribution is 2.59. The van der Waals surface area contributed by atoms with Gasteiger partial charge in [-0.15, -0.1) is 0 Å². The number of hydrogen-bond acceptors (Lipinski definition) is 1. The molecule has 0 spiro atoms. The van der Waals surface area contributed by atoms with Gasteiger partial charge in [-0.05, 0) is 124 Å². The molecule has 0 fully saturated rings. The topological polar surface area (TPSA) is 12.9 Å². The average molecular weight is 620 g/mol. The molecule has 49 heavy (non-hydrogen) atoms. The molecule has 226 valence electrons. The minimum Gasteiger partial charge on any atom is -0.256 e. The first-order valence-electron chi connectivity index (χ1n) is 17.1. The summed E-state index contributed by atoms with van der Waals surface area (Å²) in [5.41, 5.74) is 20.4. The van der Waals surface area contributed by atoms with E-state index in [0.29, 0.717) is 0 Å². The highest BCUT2D eigenvalue weighted by Gasteiger charge is 2.32. The number of nitrogens with zero attached hydrogens (tertiary/aromatic N) is 1. The summed E-state index contributed by atoms with van der Waals surface area (Å²) >= 11 is 0. The van der Waals surface area contributed by atoms with Gasteiger partial charge in [-0.3, -0.25) is 4.98 Å². The van der Waals surface area contributed by atoms with Crippen LogP contribution in [0, 0.1) is 6.92 Å². The molecule has 0 radical (unpaired) electrons. The van der Waals surface area contributed by atoms with Crippen LogP contribution in [0.4, 0.5) is 0 Å². The van der Waals surface area contributed by atoms with Crippen molar-refractivity contribution in [2.24, 2.45) is 0 Å². The van der Waals surface area contributed by atoms with Crippen molar-refractivity contribution in [3.05, 3.63) is 163 Å². The Morgan fingerprint density at radius 3 is 1.55 bits per heavy atom. The van der Waals surface area contributed by atoms with E-state index in [1.165, 1.54) is 110 Å². The molecule has 2 aliphatic carbocycles. The summed E-state index contributed by atoms with van der Waals surface area (Å²) in [6.45, 7) is 2.25. The quantitative estimate of drug-likeness (QED) is 0.192. The lowest BCUT2D eigenvalue weighted by Gasteiger charge is -2.20. The van der Waals surface area contributed by atoms with Crippen LogP contribution in [-0.4, -0.2) is 4.98 Å². The molecule has 1 aromatic heterocycles. The predicted molar refractivity (Wildman–Crippen MR) is 207 cm³/mol. The standard InChI is InChI=1S/C48H29N/c1-28-40(27-41-32-18-9-8-17-31(32)37-25-26-49-48(28)45(37)41)33-23-24-39-44-34(33)21-12-22-38(44)46-42(29-13-4-2-5-14-29)35-19-10-11-20-36(35)43(47(39)46)30-15-6-3-7-16-30/h2-27H,1H3. The normalized spacial score (nSPS) is 12.2. The van der Waals surface area contributed by atoms with E-state index in [1.54, 1.807) is 0 Å². The molecule has 0 atom stereocenters. The molecule has 11 rings (SSSR count). The van der Waals surface area contributed by atoms with Crippen molar-refractivity contribution < 1.29 is 0 Å². The van der Waals surface area contributed by atoms with Gasteiger partial charge in [-0.25, -0.2) is 0 Å². The van der Waals surface area contributed by atoms with Crippen molar-refractivity contribution in [2.75, 3.05) is 0 Å². The van der Waals surface area contributed by atoms with Crippen LogP contribution in [0.2, 0.25) is 0 Å². The number of pyridine rings is 1. The third kappa shape index (κ3) is 3.51. The average Bonchev–Trinajstić information content (AvgIpc) is 3.67. The predicted octanol–water partition coefficient (Wildman–Crippen LogP) is 13.1. The summed E-state index contributed by atoms with van der Waals surface area (Å²) in [4.78, 5) is 4.99. The van der Waals surface area contributed by atoms with E-state index in [9.17, 15) is 0 Å². The summed E-state index contributed by atoms with van der Waals surface area (Å²) < 4.78 is 0. The molecule has 0 N–H and O–H groups in total. The van der Waals surface area contributed by atoms with Crippen molar-refractivity contribution in [1.29, 1.82) is 0 Å². The van der Waals surface area contributed by atoms with Gasteiger partial charge >= 0.3 is 0 Å². The van der Waals surface area contributed by atoms with E-state index in [1.807, 2.05) is 6.20 Å². The van der Waals surface area contributed by atoms with Gasteiger partial charge in [-0.1, -0.05) is 140 Å². The Hall–Kier alpha value is -6.31. The van der Waals surface area contributed by atoms with Crippen LogP contribution in [0.25, 0.3) is 110 Å². The first-order valence-corrected chi connectivity index (χ1v) is 17.1. The highest BCUT2D eigenvalue weighted by atomic mass is 14.7. The summed E-state index contributed by atoms with van der Waals surface area (Å²) in [7, 11) is 0. The van der Waals surface area contributed by atoms with Gasteiger partial charge in [0.15, 0.2) is 0 Å². The Bertz CT molecular complexity index is 2770. The minimum absolute atomic E-state index is 1.09. The first-order chi connectivity index (χ1) is 24.3. The largest absolute Gasteiger partial charge is 0.256 e. The lowest BCUT2D eigenvalue weighted by Crippen LogP contribution is -1.93. The van der Waals surface area contributed by atoms with Gasteiger partial charge in [-0.2, -0.15) is 0 Å². The van der Waals surface area contributed by atoms with E-state index in [4.69, 9.17) is 4.98 Å². The molecule has 0 bridgehead atoms. The Balaban J connectivity index is 1.27. The van der Waals surface area contributed by atoms with Gasteiger partial charge in [0.05, 0.1) is 5.52 Å². The van der Waals surface area contributed by atoms with Crippen LogP contribution in [0.3, 0.4) is 0 Å². The Morgan fingerprint density at radius 1 is 0.347 bits per heavy atom. The third-order valence-electron chi connectivity index (χ3n) is 11.0. The minimum atomic E-state index is 1.09. The molecule has 9 aromatic rings. The first kappa shape index (κ1) is 26.7. The van der Waals surface area contributed by atoms with Gasteiger partial charge in [0.2, 0.25) is 0 Å². The fourth-order valence-electron chi connectivity index (χ4n) is 8.99. The maximum Gasteiger partial charge on any atom is 0.0749 e. The summed E-state index contributed by atoms with van der Waals surface area (Å²) in [6.07, 6.45) is 1.98. The fraction of sp³-hybridized carbons (Fsp3) is 0.0208. The van der Waals surface area contributed by atoms with Crippen LogP contribution in [0.1, 0.15) is 5.56 Å². The molecule has 0 unspecified atom stereocenters. The summed E-state index contributed by atoms with van der Waals surface area (Å²) in [5.74, 6) is 0. The van der Waals surface area contributed by atoms with E-state index in [2.05, 4.69) is 159 Å². The number of fused-ring (bicyclic) bond motifs is 7. The Kier molecular flexibility index (Phi) is 5.38. The van der Waals surface area contributed by atoms with E-state index >= 15 is 0 Å². The van der Waals surface area contributed by atoms with Crippen LogP contribution in [0.15, 0.2) is 158 Å². The number of benzene rings is 8. The second kappa shape index (κ2) is 9.86. The van der Waals surface area contributed by atoms with Gasteiger partial charge in [0.25, 0.3) is 0 Å². The second-order valence-corrected chi connectivity index (χ2v) is 13.4. The molecule has 2 aliphatic rings. The molecule has 1 heterocycles. The number of rotatable bonds is 3. The molecular formula is C48H29N. The SMILES string of the molecule is Cc1c(-c2ccc3c4c(cccc24)-c2c-3c(-c3ccccc3)c3ccccc3c2-c2ccccc2)cc2c3c(ccnc13)-c1ccccc1-2. The fourth-order valence-corrected chi connectivity index (χ4v) is 8.99. The Labute approximate surface area is 284 Å². The third-order valence-corrected chi connectivity index (χ3v) is 11.0. The monoisotopic (exact) mass is 619 g/mol. The van der Waals surface area contributed by atoms with Gasteiger partial charge in [0, 0.05) is 11.6 Å². The number of hydrogen-bond donors (Lipinski definition) is 0. The zero-order chi connectivity index (χ0) is 32.2. The van der Waals surface area contributed by atoms with Gasteiger partial charge < -0.3 is 0 Å². The van der Waals surface area contributed by atoms with E-state index in [0.717, 1.165) is 5.52 Å².